The highest BCUT2D eigenvalue weighted by Crippen LogP contribution is 2.25. The van der Waals surface area contributed by atoms with Crippen molar-refractivity contribution in [2.45, 2.75) is 18.8 Å². The number of nitrogens with two attached hydrogens (primary N) is 1. The standard InChI is InChI=1S/C12H16N4/c13-10-2-1-7-16-8-11(15-12(10)16)9-3-5-14-6-4-9/h1-2,7-9,14H,3-6,13H2. The number of hydrogen-bond donors (Lipinski definition) is 2. The zero-order valence-electron chi connectivity index (χ0n) is 9.19. The second-order valence-electron chi connectivity index (χ2n) is 4.38. The fraction of sp³-hybridized carbons (Fsp3) is 0.417. The van der Waals surface area contributed by atoms with E-state index in [4.69, 9.17) is 5.73 Å². The van der Waals surface area contributed by atoms with Gasteiger partial charge >= 0.3 is 0 Å². The van der Waals surface area contributed by atoms with Crippen molar-refractivity contribution in [2.75, 3.05) is 18.8 Å². The molecule has 84 valence electrons. The minimum Gasteiger partial charge on any atom is -0.396 e. The SMILES string of the molecule is Nc1cccn2cc(C3CCNCC3)nc12. The molecule has 1 aliphatic rings. The number of nitrogen functional groups attached to an aromatic ring is 1. The minimum atomic E-state index is 0.584. The van der Waals surface area contributed by atoms with E-state index in [1.165, 1.54) is 18.5 Å². The van der Waals surface area contributed by atoms with Gasteiger partial charge in [-0.3, -0.25) is 0 Å². The summed E-state index contributed by atoms with van der Waals surface area (Å²) in [6.45, 7) is 2.18. The fourth-order valence-electron chi connectivity index (χ4n) is 2.37. The molecule has 3 N–H and O–H groups in total. The van der Waals surface area contributed by atoms with Crippen LogP contribution >= 0.6 is 0 Å². The Hall–Kier alpha value is -1.55. The van der Waals surface area contributed by atoms with Crippen LogP contribution in [0.1, 0.15) is 24.5 Å². The topological polar surface area (TPSA) is 55.4 Å². The van der Waals surface area contributed by atoms with Crippen molar-refractivity contribution >= 4 is 11.3 Å². The van der Waals surface area contributed by atoms with Gasteiger partial charge in [0.05, 0.1) is 11.4 Å². The molecule has 1 aliphatic heterocycles. The fourth-order valence-corrected chi connectivity index (χ4v) is 2.37. The molecule has 0 unspecified atom stereocenters. The van der Waals surface area contributed by atoms with Crippen LogP contribution in [-0.4, -0.2) is 22.5 Å². The summed E-state index contributed by atoms with van der Waals surface area (Å²) < 4.78 is 2.02. The Bertz CT molecular complexity index is 497. The molecule has 1 saturated heterocycles. The van der Waals surface area contributed by atoms with Crippen LogP contribution in [0.4, 0.5) is 5.69 Å². The molecule has 0 aliphatic carbocycles. The number of piperidine rings is 1. The highest BCUT2D eigenvalue weighted by molar-refractivity contribution is 5.64. The maximum atomic E-state index is 5.90. The molecule has 2 aromatic heterocycles. The predicted molar refractivity (Wildman–Crippen MR) is 64.4 cm³/mol. The number of nitrogens with zero attached hydrogens (tertiary/aromatic N) is 2. The lowest BCUT2D eigenvalue weighted by molar-refractivity contribution is 0.454. The quantitative estimate of drug-likeness (QED) is 0.757. The van der Waals surface area contributed by atoms with E-state index in [0.29, 0.717) is 5.92 Å². The van der Waals surface area contributed by atoms with Gasteiger partial charge < -0.3 is 15.5 Å². The van der Waals surface area contributed by atoms with Crippen molar-refractivity contribution in [1.82, 2.24) is 14.7 Å². The van der Waals surface area contributed by atoms with E-state index in [2.05, 4.69) is 16.5 Å². The number of nitrogens with one attached hydrogen (secondary N) is 1. The van der Waals surface area contributed by atoms with E-state index >= 15 is 0 Å². The molecule has 0 spiro atoms. The first-order valence-corrected chi connectivity index (χ1v) is 5.78. The van der Waals surface area contributed by atoms with Gasteiger partial charge in [-0.1, -0.05) is 0 Å². The number of imidazole rings is 1. The van der Waals surface area contributed by atoms with Gasteiger partial charge in [-0.05, 0) is 38.1 Å². The van der Waals surface area contributed by atoms with Crippen molar-refractivity contribution in [3.05, 3.63) is 30.2 Å². The molecule has 4 nitrogen and oxygen atoms in total. The second-order valence-corrected chi connectivity index (χ2v) is 4.38. The number of hydrogen-bond acceptors (Lipinski definition) is 3. The van der Waals surface area contributed by atoms with Gasteiger partial charge in [0.15, 0.2) is 5.65 Å². The Labute approximate surface area is 94.5 Å². The van der Waals surface area contributed by atoms with Gasteiger partial charge in [0.25, 0.3) is 0 Å². The van der Waals surface area contributed by atoms with E-state index in [0.717, 1.165) is 24.4 Å². The van der Waals surface area contributed by atoms with Crippen molar-refractivity contribution in [3.63, 3.8) is 0 Å². The summed E-state index contributed by atoms with van der Waals surface area (Å²) in [5.41, 5.74) is 8.72. The van der Waals surface area contributed by atoms with Gasteiger partial charge in [-0.2, -0.15) is 0 Å². The highest BCUT2D eigenvalue weighted by atomic mass is 15.0. The van der Waals surface area contributed by atoms with Crippen LogP contribution in [0.25, 0.3) is 5.65 Å². The smallest absolute Gasteiger partial charge is 0.160 e. The average Bonchev–Trinajstić information content (AvgIpc) is 2.76. The summed E-state index contributed by atoms with van der Waals surface area (Å²) in [5.74, 6) is 0.584. The molecule has 3 rings (SSSR count). The first-order valence-electron chi connectivity index (χ1n) is 5.78. The number of fused-ring (bicyclic) bond motifs is 1. The van der Waals surface area contributed by atoms with Crippen molar-refractivity contribution < 1.29 is 0 Å². The molecule has 1 fully saturated rings. The van der Waals surface area contributed by atoms with E-state index in [1.807, 2.05) is 22.7 Å². The van der Waals surface area contributed by atoms with E-state index in [9.17, 15) is 0 Å². The summed E-state index contributed by atoms with van der Waals surface area (Å²) in [5, 5.41) is 3.37. The normalized spacial score (nSPS) is 18.0. The van der Waals surface area contributed by atoms with Crippen molar-refractivity contribution in [2.24, 2.45) is 0 Å². The summed E-state index contributed by atoms with van der Waals surface area (Å²) >= 11 is 0. The molecule has 3 heterocycles. The molecule has 0 saturated carbocycles. The Morgan fingerprint density at radius 1 is 1.38 bits per heavy atom. The first-order chi connectivity index (χ1) is 7.84. The predicted octanol–water partition coefficient (Wildman–Crippen LogP) is 1.38. The largest absolute Gasteiger partial charge is 0.396 e. The molecular formula is C12H16N4. The van der Waals surface area contributed by atoms with Crippen LogP contribution in [0.15, 0.2) is 24.5 Å². The van der Waals surface area contributed by atoms with Crippen molar-refractivity contribution in [1.29, 1.82) is 0 Å². The Balaban J connectivity index is 2.01. The third-order valence-electron chi connectivity index (χ3n) is 3.29. The van der Waals surface area contributed by atoms with Gasteiger partial charge in [-0.15, -0.1) is 0 Å². The maximum Gasteiger partial charge on any atom is 0.160 e. The van der Waals surface area contributed by atoms with Crippen LogP contribution in [0.2, 0.25) is 0 Å². The van der Waals surface area contributed by atoms with Crippen molar-refractivity contribution in [3.8, 4) is 0 Å². The van der Waals surface area contributed by atoms with Gasteiger partial charge in [0.2, 0.25) is 0 Å². The molecular weight excluding hydrogens is 200 g/mol. The van der Waals surface area contributed by atoms with E-state index < -0.39 is 0 Å². The van der Waals surface area contributed by atoms with E-state index in [1.54, 1.807) is 0 Å². The lowest BCUT2D eigenvalue weighted by Crippen LogP contribution is -2.26. The molecule has 0 bridgehead atoms. The Kier molecular flexibility index (Phi) is 2.29. The molecule has 2 aromatic rings. The average molecular weight is 216 g/mol. The summed E-state index contributed by atoms with van der Waals surface area (Å²) in [4.78, 5) is 4.65. The summed E-state index contributed by atoms with van der Waals surface area (Å²) in [6.07, 6.45) is 6.46. The van der Waals surface area contributed by atoms with Crippen LogP contribution in [0.5, 0.6) is 0 Å². The second kappa shape index (κ2) is 3.79. The molecule has 4 heteroatoms. The Morgan fingerprint density at radius 3 is 2.94 bits per heavy atom. The zero-order valence-corrected chi connectivity index (χ0v) is 9.19. The third-order valence-corrected chi connectivity index (χ3v) is 3.29. The molecule has 0 aromatic carbocycles. The molecule has 0 radical (unpaired) electrons. The number of pyridine rings is 1. The number of aromatic nitrogens is 2. The van der Waals surface area contributed by atoms with Crippen LogP contribution < -0.4 is 11.1 Å². The summed E-state index contributed by atoms with van der Waals surface area (Å²) in [6, 6.07) is 3.85. The lowest BCUT2D eigenvalue weighted by Gasteiger charge is -2.20. The molecule has 0 atom stereocenters. The maximum absolute atomic E-state index is 5.90. The molecule has 16 heavy (non-hydrogen) atoms. The van der Waals surface area contributed by atoms with Crippen LogP contribution in [0.3, 0.4) is 0 Å². The van der Waals surface area contributed by atoms with Crippen LogP contribution in [0, 0.1) is 0 Å². The third kappa shape index (κ3) is 1.55. The zero-order chi connectivity index (χ0) is 11.0. The monoisotopic (exact) mass is 216 g/mol. The molecule has 0 amide bonds. The first kappa shape index (κ1) is 9.66. The lowest BCUT2D eigenvalue weighted by atomic mass is 9.95. The Morgan fingerprint density at radius 2 is 2.19 bits per heavy atom. The van der Waals surface area contributed by atoms with Gasteiger partial charge in [0.1, 0.15) is 0 Å². The minimum absolute atomic E-state index is 0.584. The van der Waals surface area contributed by atoms with E-state index in [-0.39, 0.29) is 0 Å². The summed E-state index contributed by atoms with van der Waals surface area (Å²) in [7, 11) is 0. The number of rotatable bonds is 1. The van der Waals surface area contributed by atoms with Crippen LogP contribution in [-0.2, 0) is 0 Å². The van der Waals surface area contributed by atoms with Gasteiger partial charge in [0, 0.05) is 18.3 Å². The highest BCUT2D eigenvalue weighted by Gasteiger charge is 2.18. The van der Waals surface area contributed by atoms with Gasteiger partial charge in [-0.25, -0.2) is 4.98 Å². The number of anilines is 1.